The Balaban J connectivity index is 1.68. The Morgan fingerprint density at radius 2 is 2.16 bits per heavy atom. The van der Waals surface area contributed by atoms with Crippen LogP contribution in [0, 0.1) is 0 Å². The summed E-state index contributed by atoms with van der Waals surface area (Å²) in [7, 11) is 3.00. The standard InChI is InChI=1S/C17H21N5O3/c1-24-15-6-5-13(17(21-15)25-2)16(23)20-12-4-3-9-22(11-12)14-10-18-7-8-19-14/h5-8,10,12H,3-4,9,11H2,1-2H3,(H,20,23). The molecule has 1 atom stereocenters. The molecule has 1 amide bonds. The van der Waals surface area contributed by atoms with E-state index in [-0.39, 0.29) is 17.8 Å². The fourth-order valence-corrected chi connectivity index (χ4v) is 2.89. The molecule has 1 aliphatic rings. The molecule has 0 bridgehead atoms. The van der Waals surface area contributed by atoms with E-state index in [1.165, 1.54) is 14.2 Å². The van der Waals surface area contributed by atoms with Gasteiger partial charge in [-0.2, -0.15) is 4.98 Å². The first-order valence-electron chi connectivity index (χ1n) is 8.12. The van der Waals surface area contributed by atoms with E-state index in [0.29, 0.717) is 18.0 Å². The number of anilines is 1. The molecule has 1 unspecified atom stereocenters. The Kier molecular flexibility index (Phi) is 5.27. The molecular formula is C17H21N5O3. The highest BCUT2D eigenvalue weighted by molar-refractivity contribution is 5.96. The molecule has 132 valence electrons. The van der Waals surface area contributed by atoms with E-state index in [1.807, 2.05) is 0 Å². The minimum atomic E-state index is -0.210. The highest BCUT2D eigenvalue weighted by Crippen LogP contribution is 2.21. The van der Waals surface area contributed by atoms with Crippen molar-refractivity contribution in [3.63, 3.8) is 0 Å². The van der Waals surface area contributed by atoms with E-state index in [0.717, 1.165) is 25.2 Å². The molecule has 0 spiro atoms. The van der Waals surface area contributed by atoms with E-state index in [4.69, 9.17) is 9.47 Å². The summed E-state index contributed by atoms with van der Waals surface area (Å²) in [5.41, 5.74) is 0.389. The Bertz CT molecular complexity index is 725. The molecule has 1 saturated heterocycles. The minimum absolute atomic E-state index is 0.0232. The molecule has 1 N–H and O–H groups in total. The van der Waals surface area contributed by atoms with Crippen molar-refractivity contribution in [3.05, 3.63) is 36.3 Å². The third-order valence-electron chi connectivity index (χ3n) is 4.11. The van der Waals surface area contributed by atoms with Crippen molar-refractivity contribution >= 4 is 11.7 Å². The second-order valence-electron chi connectivity index (χ2n) is 5.73. The number of aromatic nitrogens is 3. The minimum Gasteiger partial charge on any atom is -0.481 e. The van der Waals surface area contributed by atoms with Crippen molar-refractivity contribution in [1.29, 1.82) is 0 Å². The maximum absolute atomic E-state index is 12.6. The summed E-state index contributed by atoms with van der Waals surface area (Å²) in [5.74, 6) is 1.27. The van der Waals surface area contributed by atoms with E-state index in [9.17, 15) is 4.79 Å². The molecule has 1 fully saturated rings. The van der Waals surface area contributed by atoms with Gasteiger partial charge in [-0.1, -0.05) is 0 Å². The number of ether oxygens (including phenoxy) is 2. The highest BCUT2D eigenvalue weighted by atomic mass is 16.5. The Morgan fingerprint density at radius 3 is 2.88 bits per heavy atom. The van der Waals surface area contributed by atoms with E-state index in [1.54, 1.807) is 30.7 Å². The first kappa shape index (κ1) is 16.9. The Labute approximate surface area is 146 Å². The molecule has 8 nitrogen and oxygen atoms in total. The third-order valence-corrected chi connectivity index (χ3v) is 4.11. The zero-order valence-electron chi connectivity index (χ0n) is 14.3. The van der Waals surface area contributed by atoms with Crippen LogP contribution in [0.4, 0.5) is 5.82 Å². The lowest BCUT2D eigenvalue weighted by Crippen LogP contribution is -2.48. The summed E-state index contributed by atoms with van der Waals surface area (Å²) in [5, 5.41) is 3.06. The van der Waals surface area contributed by atoms with Crippen LogP contribution >= 0.6 is 0 Å². The Hall–Kier alpha value is -2.90. The maximum Gasteiger partial charge on any atom is 0.257 e. The lowest BCUT2D eigenvalue weighted by Gasteiger charge is -2.33. The molecule has 8 heteroatoms. The lowest BCUT2D eigenvalue weighted by molar-refractivity contribution is 0.0929. The molecule has 0 aromatic carbocycles. The predicted octanol–water partition coefficient (Wildman–Crippen LogP) is 1.29. The van der Waals surface area contributed by atoms with Gasteiger partial charge in [-0.25, -0.2) is 4.98 Å². The van der Waals surface area contributed by atoms with Gasteiger partial charge in [0.1, 0.15) is 11.4 Å². The molecule has 2 aromatic rings. The fourth-order valence-electron chi connectivity index (χ4n) is 2.89. The van der Waals surface area contributed by atoms with Gasteiger partial charge in [0.2, 0.25) is 11.8 Å². The number of rotatable bonds is 5. The smallest absolute Gasteiger partial charge is 0.257 e. The molecule has 2 aromatic heterocycles. The van der Waals surface area contributed by atoms with Crippen LogP contribution in [0.3, 0.4) is 0 Å². The second-order valence-corrected chi connectivity index (χ2v) is 5.73. The van der Waals surface area contributed by atoms with Crippen LogP contribution in [-0.4, -0.2) is 54.2 Å². The maximum atomic E-state index is 12.6. The molecule has 1 aliphatic heterocycles. The quantitative estimate of drug-likeness (QED) is 0.875. The third kappa shape index (κ3) is 3.96. The van der Waals surface area contributed by atoms with Gasteiger partial charge in [0.25, 0.3) is 5.91 Å². The summed E-state index contributed by atoms with van der Waals surface area (Å²) in [4.78, 5) is 27.3. The number of nitrogens with one attached hydrogen (secondary N) is 1. The van der Waals surface area contributed by atoms with E-state index in [2.05, 4.69) is 25.2 Å². The van der Waals surface area contributed by atoms with Gasteiger partial charge in [-0.15, -0.1) is 0 Å². The first-order valence-corrected chi connectivity index (χ1v) is 8.12. The number of hydrogen-bond donors (Lipinski definition) is 1. The highest BCUT2D eigenvalue weighted by Gasteiger charge is 2.24. The molecule has 3 rings (SSSR count). The van der Waals surface area contributed by atoms with Gasteiger partial charge >= 0.3 is 0 Å². The first-order chi connectivity index (χ1) is 12.2. The predicted molar refractivity (Wildman–Crippen MR) is 92.1 cm³/mol. The largest absolute Gasteiger partial charge is 0.481 e. The molecule has 3 heterocycles. The average molecular weight is 343 g/mol. The number of carbonyl (C=O) groups excluding carboxylic acids is 1. The lowest BCUT2D eigenvalue weighted by atomic mass is 10.1. The molecule has 0 aliphatic carbocycles. The van der Waals surface area contributed by atoms with Crippen LogP contribution in [0.15, 0.2) is 30.7 Å². The van der Waals surface area contributed by atoms with Crippen LogP contribution in [-0.2, 0) is 0 Å². The summed E-state index contributed by atoms with van der Waals surface area (Å²) in [6.07, 6.45) is 6.94. The van der Waals surface area contributed by atoms with Gasteiger partial charge in [0.15, 0.2) is 0 Å². The second kappa shape index (κ2) is 7.78. The molecule has 25 heavy (non-hydrogen) atoms. The van der Waals surface area contributed by atoms with Crippen molar-refractivity contribution in [1.82, 2.24) is 20.3 Å². The number of piperidine rings is 1. The zero-order valence-corrected chi connectivity index (χ0v) is 14.3. The average Bonchev–Trinajstić information content (AvgIpc) is 2.68. The SMILES string of the molecule is COc1ccc(C(=O)NC2CCCN(c3cnccn3)C2)c(OC)n1. The van der Waals surface area contributed by atoms with Crippen LogP contribution in [0.5, 0.6) is 11.8 Å². The van der Waals surface area contributed by atoms with Crippen molar-refractivity contribution in [2.45, 2.75) is 18.9 Å². The normalized spacial score (nSPS) is 17.0. The van der Waals surface area contributed by atoms with Gasteiger partial charge in [0.05, 0.1) is 20.4 Å². The van der Waals surface area contributed by atoms with Crippen molar-refractivity contribution < 1.29 is 14.3 Å². The van der Waals surface area contributed by atoms with Crippen LogP contribution in [0.25, 0.3) is 0 Å². The molecule has 0 radical (unpaired) electrons. The molecular weight excluding hydrogens is 322 g/mol. The number of amides is 1. The summed E-state index contributed by atoms with van der Waals surface area (Å²) >= 11 is 0. The van der Waals surface area contributed by atoms with Gasteiger partial charge < -0.3 is 19.7 Å². The van der Waals surface area contributed by atoms with Crippen molar-refractivity contribution in [3.8, 4) is 11.8 Å². The van der Waals surface area contributed by atoms with E-state index >= 15 is 0 Å². The number of hydrogen-bond acceptors (Lipinski definition) is 7. The van der Waals surface area contributed by atoms with E-state index < -0.39 is 0 Å². The number of pyridine rings is 1. The summed E-state index contributed by atoms with van der Waals surface area (Å²) in [6, 6.07) is 3.32. The number of nitrogens with zero attached hydrogens (tertiary/aromatic N) is 4. The Morgan fingerprint density at radius 1 is 1.28 bits per heavy atom. The van der Waals surface area contributed by atoms with Gasteiger partial charge in [0, 0.05) is 37.6 Å². The topological polar surface area (TPSA) is 89.5 Å². The summed E-state index contributed by atoms with van der Waals surface area (Å²) in [6.45, 7) is 1.59. The summed E-state index contributed by atoms with van der Waals surface area (Å²) < 4.78 is 10.3. The van der Waals surface area contributed by atoms with Gasteiger partial charge in [-0.3, -0.25) is 9.78 Å². The monoisotopic (exact) mass is 343 g/mol. The van der Waals surface area contributed by atoms with Crippen LogP contribution in [0.2, 0.25) is 0 Å². The molecule has 0 saturated carbocycles. The van der Waals surface area contributed by atoms with Crippen LogP contribution < -0.4 is 19.7 Å². The number of carbonyl (C=O) groups is 1. The van der Waals surface area contributed by atoms with Crippen LogP contribution in [0.1, 0.15) is 23.2 Å². The fraction of sp³-hybridized carbons (Fsp3) is 0.412. The number of methoxy groups -OCH3 is 2. The zero-order chi connectivity index (χ0) is 17.6. The van der Waals surface area contributed by atoms with Crippen molar-refractivity contribution in [2.75, 3.05) is 32.2 Å². The van der Waals surface area contributed by atoms with Crippen molar-refractivity contribution in [2.24, 2.45) is 0 Å². The van der Waals surface area contributed by atoms with Gasteiger partial charge in [-0.05, 0) is 18.9 Å².